The Morgan fingerprint density at radius 3 is 2.57 bits per heavy atom. The summed E-state index contributed by atoms with van der Waals surface area (Å²) < 4.78 is 27.0. The van der Waals surface area contributed by atoms with E-state index >= 15 is 0 Å². The van der Waals surface area contributed by atoms with Crippen LogP contribution in [0.3, 0.4) is 0 Å². The van der Waals surface area contributed by atoms with E-state index in [2.05, 4.69) is 4.99 Å². The van der Waals surface area contributed by atoms with Gasteiger partial charge in [-0.15, -0.1) is 0 Å². The maximum absolute atomic E-state index is 12.3. The molecule has 3 rings (SSSR count). The number of fused-ring (bicyclic) bond motifs is 1. The third-order valence-corrected chi connectivity index (χ3v) is 6.87. The standard InChI is InChI=1S/C18H17N3O5S2/c1-2-20-15-9-8-13(21(23)24)12-16(15)27-18(20)19-17(22)10-11-28(25,26)14-6-4-3-5-7-14/h3-9,12H,2,10-11H2,1H3. The van der Waals surface area contributed by atoms with Gasteiger partial charge in [0.2, 0.25) is 5.91 Å². The monoisotopic (exact) mass is 419 g/mol. The zero-order valence-corrected chi connectivity index (χ0v) is 16.6. The molecule has 0 saturated carbocycles. The van der Waals surface area contributed by atoms with Crippen LogP contribution in [0, 0.1) is 10.1 Å². The Morgan fingerprint density at radius 1 is 1.21 bits per heavy atom. The number of carbonyl (C=O) groups is 1. The van der Waals surface area contributed by atoms with Crippen LogP contribution in [0.1, 0.15) is 13.3 Å². The first kappa shape index (κ1) is 19.9. The van der Waals surface area contributed by atoms with Crippen molar-refractivity contribution in [2.75, 3.05) is 5.75 Å². The van der Waals surface area contributed by atoms with Crippen molar-refractivity contribution in [3.05, 3.63) is 63.4 Å². The summed E-state index contributed by atoms with van der Waals surface area (Å²) >= 11 is 1.16. The number of amides is 1. The van der Waals surface area contributed by atoms with Crippen molar-refractivity contribution in [1.29, 1.82) is 0 Å². The molecule has 8 nitrogen and oxygen atoms in total. The van der Waals surface area contributed by atoms with Crippen LogP contribution in [0.4, 0.5) is 5.69 Å². The topological polar surface area (TPSA) is 112 Å². The zero-order chi connectivity index (χ0) is 20.3. The smallest absolute Gasteiger partial charge is 0.270 e. The number of hydrogen-bond acceptors (Lipinski definition) is 6. The number of nitrogens with zero attached hydrogens (tertiary/aromatic N) is 3. The Bertz CT molecular complexity index is 1210. The van der Waals surface area contributed by atoms with Gasteiger partial charge in [0.1, 0.15) is 0 Å². The highest BCUT2D eigenvalue weighted by molar-refractivity contribution is 7.91. The van der Waals surface area contributed by atoms with Crippen LogP contribution >= 0.6 is 11.3 Å². The second kappa shape index (κ2) is 8.03. The lowest BCUT2D eigenvalue weighted by Gasteiger charge is -2.02. The molecule has 0 radical (unpaired) electrons. The summed E-state index contributed by atoms with van der Waals surface area (Å²) in [5.74, 6) is -0.885. The number of nitro groups is 1. The van der Waals surface area contributed by atoms with Gasteiger partial charge in [-0.3, -0.25) is 14.9 Å². The molecule has 146 valence electrons. The molecule has 28 heavy (non-hydrogen) atoms. The van der Waals surface area contributed by atoms with E-state index in [0.29, 0.717) is 16.0 Å². The Labute approximate surface area is 164 Å². The fourth-order valence-corrected chi connectivity index (χ4v) is 5.09. The highest BCUT2D eigenvalue weighted by Crippen LogP contribution is 2.23. The van der Waals surface area contributed by atoms with Crippen LogP contribution in [-0.4, -0.2) is 29.6 Å². The van der Waals surface area contributed by atoms with Crippen molar-refractivity contribution in [2.24, 2.45) is 4.99 Å². The molecule has 1 aromatic heterocycles. The summed E-state index contributed by atoms with van der Waals surface area (Å²) in [5.41, 5.74) is 0.699. The highest BCUT2D eigenvalue weighted by Gasteiger charge is 2.16. The van der Waals surface area contributed by atoms with E-state index in [9.17, 15) is 23.3 Å². The van der Waals surface area contributed by atoms with E-state index < -0.39 is 20.7 Å². The predicted octanol–water partition coefficient (Wildman–Crippen LogP) is 2.92. The summed E-state index contributed by atoms with van der Waals surface area (Å²) in [5, 5.41) is 10.9. The number of nitro benzene ring substituents is 1. The molecule has 0 aliphatic heterocycles. The van der Waals surface area contributed by atoms with Gasteiger partial charge in [-0.1, -0.05) is 29.5 Å². The van der Waals surface area contributed by atoms with Crippen LogP contribution in [0.2, 0.25) is 0 Å². The van der Waals surface area contributed by atoms with E-state index in [1.807, 2.05) is 6.92 Å². The number of sulfone groups is 1. The Hall–Kier alpha value is -2.85. The predicted molar refractivity (Wildman–Crippen MR) is 106 cm³/mol. The molecular weight excluding hydrogens is 402 g/mol. The molecule has 0 fully saturated rings. The van der Waals surface area contributed by atoms with Crippen molar-refractivity contribution >= 4 is 43.0 Å². The number of aromatic nitrogens is 1. The first-order chi connectivity index (χ1) is 13.3. The van der Waals surface area contributed by atoms with Crippen LogP contribution in [0.25, 0.3) is 10.2 Å². The number of carbonyl (C=O) groups excluding carboxylic acids is 1. The van der Waals surface area contributed by atoms with Crippen molar-refractivity contribution < 1.29 is 18.1 Å². The summed E-state index contributed by atoms with van der Waals surface area (Å²) in [7, 11) is -3.56. The normalized spacial score (nSPS) is 12.4. The van der Waals surface area contributed by atoms with Gasteiger partial charge < -0.3 is 4.57 Å². The number of benzene rings is 2. The second-order valence-electron chi connectivity index (χ2n) is 5.93. The molecule has 1 heterocycles. The first-order valence-corrected chi connectivity index (χ1v) is 10.9. The maximum Gasteiger partial charge on any atom is 0.270 e. The molecule has 0 aliphatic carbocycles. The fraction of sp³-hybridized carbons (Fsp3) is 0.222. The highest BCUT2D eigenvalue weighted by atomic mass is 32.2. The summed E-state index contributed by atoms with van der Waals surface area (Å²) in [6, 6.07) is 12.4. The van der Waals surface area contributed by atoms with Gasteiger partial charge in [0, 0.05) is 25.1 Å². The van der Waals surface area contributed by atoms with Crippen LogP contribution in [0.5, 0.6) is 0 Å². The summed E-state index contributed by atoms with van der Waals surface area (Å²) in [6.45, 7) is 2.39. The van der Waals surface area contributed by atoms with Gasteiger partial charge in [0.15, 0.2) is 14.6 Å². The zero-order valence-electron chi connectivity index (χ0n) is 14.9. The van der Waals surface area contributed by atoms with Crippen LogP contribution < -0.4 is 4.80 Å². The van der Waals surface area contributed by atoms with Gasteiger partial charge in [-0.05, 0) is 25.1 Å². The lowest BCUT2D eigenvalue weighted by molar-refractivity contribution is -0.384. The van der Waals surface area contributed by atoms with Gasteiger partial charge in [0.05, 0.1) is 25.8 Å². The van der Waals surface area contributed by atoms with Gasteiger partial charge in [-0.25, -0.2) is 8.42 Å². The van der Waals surface area contributed by atoms with Crippen molar-refractivity contribution in [1.82, 2.24) is 4.57 Å². The minimum Gasteiger partial charge on any atom is -0.317 e. The third kappa shape index (κ3) is 4.18. The van der Waals surface area contributed by atoms with Crippen LogP contribution in [0.15, 0.2) is 58.4 Å². The number of non-ortho nitro benzene ring substituents is 1. The SMILES string of the molecule is CCn1c(=NC(=O)CCS(=O)(=O)c2ccccc2)sc2cc([N+](=O)[O-])ccc21. The van der Waals surface area contributed by atoms with E-state index in [4.69, 9.17) is 0 Å². The molecule has 0 unspecified atom stereocenters. The molecule has 0 atom stereocenters. The molecule has 3 aromatic rings. The molecule has 0 spiro atoms. The maximum atomic E-state index is 12.3. The average Bonchev–Trinajstić information content (AvgIpc) is 3.03. The minimum atomic E-state index is -3.56. The van der Waals surface area contributed by atoms with Crippen molar-refractivity contribution in [3.8, 4) is 0 Å². The third-order valence-electron chi connectivity index (χ3n) is 4.10. The molecule has 0 bridgehead atoms. The van der Waals surface area contributed by atoms with Gasteiger partial charge >= 0.3 is 0 Å². The van der Waals surface area contributed by atoms with Crippen molar-refractivity contribution in [2.45, 2.75) is 24.8 Å². The molecule has 10 heteroatoms. The number of aryl methyl sites for hydroxylation is 1. The number of hydrogen-bond donors (Lipinski definition) is 0. The summed E-state index contributed by atoms with van der Waals surface area (Å²) in [4.78, 5) is 27.3. The van der Waals surface area contributed by atoms with Gasteiger partial charge in [0.25, 0.3) is 5.69 Å². The Balaban J connectivity index is 1.87. The Morgan fingerprint density at radius 2 is 1.93 bits per heavy atom. The quantitative estimate of drug-likeness (QED) is 0.450. The lowest BCUT2D eigenvalue weighted by atomic mass is 10.3. The van der Waals surface area contributed by atoms with E-state index in [1.54, 1.807) is 28.8 Å². The fourth-order valence-electron chi connectivity index (χ4n) is 2.70. The van der Waals surface area contributed by atoms with E-state index in [0.717, 1.165) is 16.9 Å². The Kier molecular flexibility index (Phi) is 5.71. The number of rotatable bonds is 6. The number of thiazole rings is 1. The minimum absolute atomic E-state index is 0.0381. The second-order valence-corrected chi connectivity index (χ2v) is 9.04. The molecule has 0 aliphatic rings. The molecule has 0 N–H and O–H groups in total. The largest absolute Gasteiger partial charge is 0.317 e. The average molecular weight is 419 g/mol. The van der Waals surface area contributed by atoms with Crippen LogP contribution in [-0.2, 0) is 21.2 Å². The molecule has 2 aromatic carbocycles. The summed E-state index contributed by atoms with van der Waals surface area (Å²) in [6.07, 6.45) is -0.241. The van der Waals surface area contributed by atoms with E-state index in [-0.39, 0.29) is 22.8 Å². The first-order valence-electron chi connectivity index (χ1n) is 8.45. The molecule has 1 amide bonds. The van der Waals surface area contributed by atoms with Gasteiger partial charge in [-0.2, -0.15) is 4.99 Å². The van der Waals surface area contributed by atoms with E-state index in [1.165, 1.54) is 24.3 Å². The van der Waals surface area contributed by atoms with Crippen molar-refractivity contribution in [3.63, 3.8) is 0 Å². The molecular formula is C18H17N3O5S2. The lowest BCUT2D eigenvalue weighted by Crippen LogP contribution is -2.17. The molecule has 0 saturated heterocycles.